The summed E-state index contributed by atoms with van der Waals surface area (Å²) in [7, 11) is 0. The zero-order valence-corrected chi connectivity index (χ0v) is 13.8. The molecule has 1 amide bonds. The van der Waals surface area contributed by atoms with Crippen molar-refractivity contribution in [2.45, 2.75) is 19.8 Å². The highest BCUT2D eigenvalue weighted by Crippen LogP contribution is 2.18. The lowest BCUT2D eigenvalue weighted by Crippen LogP contribution is -2.13. The highest BCUT2D eigenvalue weighted by atomic mass is 35.5. The SMILES string of the molecule is CC(C)c1ccc(/C=C(\C#N)C(=O)Nc2cccc(Cl)c2)cc1. The van der Waals surface area contributed by atoms with E-state index in [2.05, 4.69) is 19.2 Å². The van der Waals surface area contributed by atoms with E-state index in [1.165, 1.54) is 5.56 Å². The van der Waals surface area contributed by atoms with E-state index in [9.17, 15) is 10.1 Å². The van der Waals surface area contributed by atoms with E-state index in [1.54, 1.807) is 30.3 Å². The largest absolute Gasteiger partial charge is 0.321 e. The lowest BCUT2D eigenvalue weighted by atomic mass is 10.0. The lowest BCUT2D eigenvalue weighted by Gasteiger charge is -2.06. The van der Waals surface area contributed by atoms with Crippen LogP contribution >= 0.6 is 11.6 Å². The topological polar surface area (TPSA) is 52.9 Å². The van der Waals surface area contributed by atoms with Crippen LogP contribution in [0.2, 0.25) is 5.02 Å². The van der Waals surface area contributed by atoms with Crippen LogP contribution < -0.4 is 5.32 Å². The Hall–Kier alpha value is -2.57. The summed E-state index contributed by atoms with van der Waals surface area (Å²) in [5.74, 6) is -0.0164. The van der Waals surface area contributed by atoms with Crippen LogP contribution in [-0.4, -0.2) is 5.91 Å². The minimum absolute atomic E-state index is 0.0438. The molecule has 116 valence electrons. The zero-order chi connectivity index (χ0) is 16.8. The van der Waals surface area contributed by atoms with Gasteiger partial charge in [-0.15, -0.1) is 0 Å². The molecule has 0 saturated heterocycles. The van der Waals surface area contributed by atoms with Crippen molar-refractivity contribution in [2.75, 3.05) is 5.32 Å². The van der Waals surface area contributed by atoms with Crippen molar-refractivity contribution in [3.05, 3.63) is 70.3 Å². The van der Waals surface area contributed by atoms with Gasteiger partial charge in [0.15, 0.2) is 0 Å². The number of halogens is 1. The Balaban J connectivity index is 2.18. The van der Waals surface area contributed by atoms with Crippen molar-refractivity contribution in [2.24, 2.45) is 0 Å². The number of amides is 1. The van der Waals surface area contributed by atoms with E-state index in [-0.39, 0.29) is 5.57 Å². The number of anilines is 1. The first-order valence-corrected chi connectivity index (χ1v) is 7.66. The van der Waals surface area contributed by atoms with Gasteiger partial charge in [0.1, 0.15) is 11.6 Å². The van der Waals surface area contributed by atoms with Crippen molar-refractivity contribution in [1.29, 1.82) is 5.26 Å². The van der Waals surface area contributed by atoms with Crippen LogP contribution in [0.3, 0.4) is 0 Å². The molecule has 0 fully saturated rings. The molecule has 0 spiro atoms. The number of rotatable bonds is 4. The fourth-order valence-electron chi connectivity index (χ4n) is 2.06. The molecule has 2 aromatic carbocycles. The Kier molecular flexibility index (Phi) is 5.56. The molecule has 0 saturated carbocycles. The van der Waals surface area contributed by atoms with Gasteiger partial charge in [0.2, 0.25) is 0 Å². The molecule has 3 nitrogen and oxygen atoms in total. The number of nitrogens with one attached hydrogen (secondary N) is 1. The average Bonchev–Trinajstić information content (AvgIpc) is 2.53. The predicted octanol–water partition coefficient (Wildman–Crippen LogP) is 5.01. The summed E-state index contributed by atoms with van der Waals surface area (Å²) in [6.07, 6.45) is 1.57. The molecule has 2 rings (SSSR count). The first-order valence-electron chi connectivity index (χ1n) is 7.28. The van der Waals surface area contributed by atoms with Crippen LogP contribution in [0, 0.1) is 11.3 Å². The second kappa shape index (κ2) is 7.62. The Morgan fingerprint density at radius 2 is 1.91 bits per heavy atom. The van der Waals surface area contributed by atoms with Crippen LogP contribution in [0.5, 0.6) is 0 Å². The lowest BCUT2D eigenvalue weighted by molar-refractivity contribution is -0.112. The fourth-order valence-corrected chi connectivity index (χ4v) is 2.25. The van der Waals surface area contributed by atoms with Crippen molar-refractivity contribution >= 4 is 29.3 Å². The van der Waals surface area contributed by atoms with Gasteiger partial charge < -0.3 is 5.32 Å². The summed E-state index contributed by atoms with van der Waals surface area (Å²) < 4.78 is 0. The molecule has 0 aromatic heterocycles. The smallest absolute Gasteiger partial charge is 0.266 e. The zero-order valence-electron chi connectivity index (χ0n) is 13.0. The number of nitriles is 1. The maximum Gasteiger partial charge on any atom is 0.266 e. The molecular formula is C19H17ClN2O. The van der Waals surface area contributed by atoms with Gasteiger partial charge in [-0.25, -0.2) is 0 Å². The number of nitrogens with zero attached hydrogens (tertiary/aromatic N) is 1. The molecule has 0 heterocycles. The number of hydrogen-bond acceptors (Lipinski definition) is 2. The molecule has 23 heavy (non-hydrogen) atoms. The first-order chi connectivity index (χ1) is 11.0. The summed E-state index contributed by atoms with van der Waals surface area (Å²) in [6, 6.07) is 16.5. The van der Waals surface area contributed by atoms with Gasteiger partial charge in [0.25, 0.3) is 5.91 Å². The summed E-state index contributed by atoms with van der Waals surface area (Å²) >= 11 is 5.88. The van der Waals surface area contributed by atoms with Crippen LogP contribution in [0.15, 0.2) is 54.1 Å². The van der Waals surface area contributed by atoms with Gasteiger partial charge in [-0.05, 0) is 41.3 Å². The number of carbonyl (C=O) groups excluding carboxylic acids is 1. The number of carbonyl (C=O) groups is 1. The van der Waals surface area contributed by atoms with Crippen LogP contribution in [0.1, 0.15) is 30.9 Å². The van der Waals surface area contributed by atoms with E-state index in [0.29, 0.717) is 16.6 Å². The van der Waals surface area contributed by atoms with Crippen molar-refractivity contribution in [3.63, 3.8) is 0 Å². The normalized spacial score (nSPS) is 11.2. The van der Waals surface area contributed by atoms with Crippen molar-refractivity contribution in [3.8, 4) is 6.07 Å². The second-order valence-corrected chi connectivity index (χ2v) is 5.89. The van der Waals surface area contributed by atoms with Gasteiger partial charge in [-0.2, -0.15) is 5.26 Å². The average molecular weight is 325 g/mol. The molecule has 4 heteroatoms. The summed E-state index contributed by atoms with van der Waals surface area (Å²) in [4.78, 5) is 12.2. The van der Waals surface area contributed by atoms with Crippen molar-refractivity contribution < 1.29 is 4.79 Å². The van der Waals surface area contributed by atoms with Gasteiger partial charge in [0, 0.05) is 10.7 Å². The minimum atomic E-state index is -0.456. The molecule has 1 N–H and O–H groups in total. The maximum absolute atomic E-state index is 12.2. The van der Waals surface area contributed by atoms with Crippen LogP contribution in [0.4, 0.5) is 5.69 Å². The van der Waals surface area contributed by atoms with Gasteiger partial charge >= 0.3 is 0 Å². The predicted molar refractivity (Wildman–Crippen MR) is 94.2 cm³/mol. The monoisotopic (exact) mass is 324 g/mol. The van der Waals surface area contributed by atoms with E-state index < -0.39 is 5.91 Å². The van der Waals surface area contributed by atoms with Crippen LogP contribution in [0.25, 0.3) is 6.08 Å². The Bertz CT molecular complexity index is 771. The van der Waals surface area contributed by atoms with E-state index >= 15 is 0 Å². The van der Waals surface area contributed by atoms with Gasteiger partial charge in [0.05, 0.1) is 0 Å². The summed E-state index contributed by atoms with van der Waals surface area (Å²) in [5, 5.41) is 12.4. The second-order valence-electron chi connectivity index (χ2n) is 5.46. The fraction of sp³-hybridized carbons (Fsp3) is 0.158. The third-order valence-electron chi connectivity index (χ3n) is 3.36. The molecule has 0 atom stereocenters. The molecule has 0 radical (unpaired) electrons. The molecule has 0 unspecified atom stereocenters. The van der Waals surface area contributed by atoms with Crippen LogP contribution in [-0.2, 0) is 4.79 Å². The third-order valence-corrected chi connectivity index (χ3v) is 3.60. The Morgan fingerprint density at radius 3 is 2.48 bits per heavy atom. The van der Waals surface area contributed by atoms with E-state index in [0.717, 1.165) is 5.56 Å². The molecule has 0 aliphatic rings. The maximum atomic E-state index is 12.2. The molecule has 0 aliphatic heterocycles. The number of benzene rings is 2. The molecule has 0 aliphatic carbocycles. The Labute approximate surface area is 141 Å². The van der Waals surface area contributed by atoms with E-state index in [1.807, 2.05) is 30.3 Å². The summed E-state index contributed by atoms with van der Waals surface area (Å²) in [5.41, 5.74) is 2.62. The third kappa shape index (κ3) is 4.70. The van der Waals surface area contributed by atoms with Gasteiger partial charge in [-0.3, -0.25) is 4.79 Å². The molecular weight excluding hydrogens is 308 g/mol. The minimum Gasteiger partial charge on any atom is -0.321 e. The highest BCUT2D eigenvalue weighted by Gasteiger charge is 2.10. The number of hydrogen-bond donors (Lipinski definition) is 1. The standard InChI is InChI=1S/C19H17ClN2O/c1-13(2)15-8-6-14(7-9-15)10-16(12-21)19(23)22-18-5-3-4-17(20)11-18/h3-11,13H,1-2H3,(H,22,23)/b16-10+. The Morgan fingerprint density at radius 1 is 1.22 bits per heavy atom. The molecule has 0 bridgehead atoms. The van der Waals surface area contributed by atoms with E-state index in [4.69, 9.17) is 11.6 Å². The van der Waals surface area contributed by atoms with Crippen molar-refractivity contribution in [1.82, 2.24) is 0 Å². The van der Waals surface area contributed by atoms with Gasteiger partial charge in [-0.1, -0.05) is 55.8 Å². The quantitative estimate of drug-likeness (QED) is 0.635. The first kappa shape index (κ1) is 16.8. The molecule has 2 aromatic rings. The highest BCUT2D eigenvalue weighted by molar-refractivity contribution is 6.31. The summed E-state index contributed by atoms with van der Waals surface area (Å²) in [6.45, 7) is 4.23.